The number of nitrogens with zero attached hydrogens (tertiary/aromatic N) is 1. The van der Waals surface area contributed by atoms with E-state index >= 15 is 0 Å². The highest BCUT2D eigenvalue weighted by molar-refractivity contribution is 6.00. The van der Waals surface area contributed by atoms with Crippen molar-refractivity contribution in [1.29, 1.82) is 0 Å². The van der Waals surface area contributed by atoms with Crippen molar-refractivity contribution in [1.82, 2.24) is 0 Å². The van der Waals surface area contributed by atoms with Gasteiger partial charge < -0.3 is 4.90 Å². The summed E-state index contributed by atoms with van der Waals surface area (Å²) in [5, 5.41) is 0. The summed E-state index contributed by atoms with van der Waals surface area (Å²) < 4.78 is 0. The Balaban J connectivity index is 2.11. The number of ketones is 1. The Morgan fingerprint density at radius 1 is 0.680 bits per heavy atom. The van der Waals surface area contributed by atoms with Crippen LogP contribution in [0, 0.1) is 5.41 Å². The topological polar surface area (TPSA) is 20.3 Å². The van der Waals surface area contributed by atoms with Crippen molar-refractivity contribution < 1.29 is 4.79 Å². The minimum absolute atomic E-state index is 0.149. The van der Waals surface area contributed by atoms with Gasteiger partial charge in [0.05, 0.1) is 0 Å². The summed E-state index contributed by atoms with van der Waals surface area (Å²) in [5.41, 5.74) is 3.45. The first-order valence-electron chi connectivity index (χ1n) is 8.52. The largest absolute Gasteiger partial charge is 0.310 e. The van der Waals surface area contributed by atoms with Gasteiger partial charge in [-0.05, 0) is 36.4 Å². The number of rotatable bonds is 4. The van der Waals surface area contributed by atoms with Crippen LogP contribution in [-0.4, -0.2) is 5.78 Å². The first-order valence-corrected chi connectivity index (χ1v) is 8.52. The van der Waals surface area contributed by atoms with Gasteiger partial charge in [-0.1, -0.05) is 69.3 Å². The Bertz CT molecular complexity index is 809. The van der Waals surface area contributed by atoms with Crippen LogP contribution in [0.4, 0.5) is 17.1 Å². The van der Waals surface area contributed by atoms with E-state index in [1.807, 2.05) is 81.4 Å². The molecule has 0 amide bonds. The van der Waals surface area contributed by atoms with Crippen LogP contribution in [0.15, 0.2) is 84.9 Å². The maximum absolute atomic E-state index is 12.7. The number of carbonyl (C=O) groups is 1. The fourth-order valence-electron chi connectivity index (χ4n) is 2.82. The van der Waals surface area contributed by atoms with Gasteiger partial charge in [0.25, 0.3) is 0 Å². The number of carbonyl (C=O) groups excluding carboxylic acids is 1. The lowest BCUT2D eigenvalue weighted by Gasteiger charge is -2.26. The van der Waals surface area contributed by atoms with Gasteiger partial charge in [-0.2, -0.15) is 0 Å². The van der Waals surface area contributed by atoms with E-state index < -0.39 is 5.41 Å². The average Bonchev–Trinajstić information content (AvgIpc) is 2.63. The fourth-order valence-corrected chi connectivity index (χ4v) is 2.82. The van der Waals surface area contributed by atoms with Gasteiger partial charge >= 0.3 is 0 Å². The Labute approximate surface area is 149 Å². The number of Topliss-reactive ketones (excluding diaryl/α,β-unsaturated/α-hetero) is 1. The lowest BCUT2D eigenvalue weighted by Crippen LogP contribution is -2.20. The van der Waals surface area contributed by atoms with Crippen molar-refractivity contribution in [2.45, 2.75) is 20.8 Å². The third-order valence-corrected chi connectivity index (χ3v) is 4.08. The first-order chi connectivity index (χ1) is 12.0. The summed E-state index contributed by atoms with van der Waals surface area (Å²) >= 11 is 0. The summed E-state index contributed by atoms with van der Waals surface area (Å²) in [6.45, 7) is 5.86. The summed E-state index contributed by atoms with van der Waals surface area (Å²) in [4.78, 5) is 14.9. The monoisotopic (exact) mass is 329 g/mol. The zero-order valence-corrected chi connectivity index (χ0v) is 14.9. The van der Waals surface area contributed by atoms with E-state index in [-0.39, 0.29) is 5.78 Å². The van der Waals surface area contributed by atoms with E-state index in [0.717, 1.165) is 22.6 Å². The molecule has 0 saturated carbocycles. The minimum atomic E-state index is -0.400. The predicted molar refractivity (Wildman–Crippen MR) is 105 cm³/mol. The molecule has 0 N–H and O–H groups in total. The van der Waals surface area contributed by atoms with Crippen molar-refractivity contribution in [2.24, 2.45) is 5.41 Å². The minimum Gasteiger partial charge on any atom is -0.310 e. The van der Waals surface area contributed by atoms with Crippen molar-refractivity contribution in [3.05, 3.63) is 90.5 Å². The SMILES string of the molecule is CC(C)(C)C(=O)c1cccc(N(c2ccccc2)c2ccccc2)c1. The summed E-state index contributed by atoms with van der Waals surface area (Å²) in [6, 6.07) is 28.3. The van der Waals surface area contributed by atoms with E-state index in [1.165, 1.54) is 0 Å². The second-order valence-electron chi connectivity index (χ2n) is 7.14. The van der Waals surface area contributed by atoms with Gasteiger partial charge in [0, 0.05) is 28.0 Å². The maximum atomic E-state index is 12.7. The lowest BCUT2D eigenvalue weighted by atomic mass is 9.86. The Kier molecular flexibility index (Phi) is 4.71. The molecule has 2 nitrogen and oxygen atoms in total. The maximum Gasteiger partial charge on any atom is 0.168 e. The normalized spacial score (nSPS) is 11.2. The Hall–Kier alpha value is -2.87. The molecule has 0 spiro atoms. The summed E-state index contributed by atoms with van der Waals surface area (Å²) in [7, 11) is 0. The van der Waals surface area contributed by atoms with E-state index in [4.69, 9.17) is 0 Å². The zero-order valence-electron chi connectivity index (χ0n) is 14.9. The third kappa shape index (κ3) is 3.80. The molecule has 3 rings (SSSR count). The molecule has 0 bridgehead atoms. The molecule has 0 saturated heterocycles. The molecule has 0 fully saturated rings. The van der Waals surface area contributed by atoms with Crippen LogP contribution in [0.5, 0.6) is 0 Å². The van der Waals surface area contributed by atoms with Crippen molar-refractivity contribution in [3.63, 3.8) is 0 Å². The van der Waals surface area contributed by atoms with E-state index in [2.05, 4.69) is 29.2 Å². The lowest BCUT2D eigenvalue weighted by molar-refractivity contribution is 0.0858. The molecular formula is C23H23NO. The molecule has 0 heterocycles. The van der Waals surface area contributed by atoms with E-state index in [1.54, 1.807) is 0 Å². The molecule has 126 valence electrons. The molecule has 0 aliphatic carbocycles. The summed E-state index contributed by atoms with van der Waals surface area (Å²) in [6.07, 6.45) is 0. The van der Waals surface area contributed by atoms with Crippen LogP contribution in [0.1, 0.15) is 31.1 Å². The third-order valence-electron chi connectivity index (χ3n) is 4.08. The number of benzene rings is 3. The van der Waals surface area contributed by atoms with Gasteiger partial charge in [-0.3, -0.25) is 4.79 Å². The van der Waals surface area contributed by atoms with Crippen LogP contribution in [0.2, 0.25) is 0 Å². The van der Waals surface area contributed by atoms with Crippen LogP contribution in [0.25, 0.3) is 0 Å². The number of hydrogen-bond acceptors (Lipinski definition) is 2. The Morgan fingerprint density at radius 2 is 1.16 bits per heavy atom. The van der Waals surface area contributed by atoms with E-state index in [9.17, 15) is 4.79 Å². The van der Waals surface area contributed by atoms with Crippen LogP contribution >= 0.6 is 0 Å². The highest BCUT2D eigenvalue weighted by Gasteiger charge is 2.23. The van der Waals surface area contributed by atoms with Crippen molar-refractivity contribution in [2.75, 3.05) is 4.90 Å². The van der Waals surface area contributed by atoms with Gasteiger partial charge in [-0.25, -0.2) is 0 Å². The van der Waals surface area contributed by atoms with Crippen molar-refractivity contribution >= 4 is 22.8 Å². The van der Waals surface area contributed by atoms with Crippen molar-refractivity contribution in [3.8, 4) is 0 Å². The second-order valence-corrected chi connectivity index (χ2v) is 7.14. The molecule has 25 heavy (non-hydrogen) atoms. The molecule has 0 aliphatic heterocycles. The highest BCUT2D eigenvalue weighted by atomic mass is 16.1. The summed E-state index contributed by atoms with van der Waals surface area (Å²) in [5.74, 6) is 0.149. The first kappa shape index (κ1) is 17.0. The number of anilines is 3. The fraction of sp³-hybridized carbons (Fsp3) is 0.174. The van der Waals surface area contributed by atoms with Crippen LogP contribution in [0.3, 0.4) is 0 Å². The smallest absolute Gasteiger partial charge is 0.168 e. The molecule has 0 aromatic heterocycles. The molecule has 0 unspecified atom stereocenters. The number of para-hydroxylation sites is 2. The van der Waals surface area contributed by atoms with Gasteiger partial charge in [-0.15, -0.1) is 0 Å². The average molecular weight is 329 g/mol. The van der Waals surface area contributed by atoms with Gasteiger partial charge in [0.1, 0.15) is 0 Å². The van der Waals surface area contributed by atoms with Gasteiger partial charge in [0.2, 0.25) is 0 Å². The molecule has 2 heteroatoms. The van der Waals surface area contributed by atoms with Crippen LogP contribution in [-0.2, 0) is 0 Å². The molecule has 0 atom stereocenters. The molecular weight excluding hydrogens is 306 g/mol. The standard InChI is InChI=1S/C23H23NO/c1-23(2,3)22(25)18-11-10-16-21(17-18)24(19-12-6-4-7-13-19)20-14-8-5-9-15-20/h4-17H,1-3H3. The second kappa shape index (κ2) is 6.94. The Morgan fingerprint density at radius 3 is 1.64 bits per heavy atom. The van der Waals surface area contributed by atoms with Gasteiger partial charge in [0.15, 0.2) is 5.78 Å². The highest BCUT2D eigenvalue weighted by Crippen LogP contribution is 2.35. The predicted octanol–water partition coefficient (Wildman–Crippen LogP) is 6.39. The zero-order chi connectivity index (χ0) is 17.9. The van der Waals surface area contributed by atoms with E-state index in [0.29, 0.717) is 0 Å². The van der Waals surface area contributed by atoms with Crippen LogP contribution < -0.4 is 4.90 Å². The quantitative estimate of drug-likeness (QED) is 0.517. The molecule has 0 radical (unpaired) electrons. The molecule has 3 aromatic rings. The number of hydrogen-bond donors (Lipinski definition) is 0. The molecule has 0 aliphatic rings. The molecule has 3 aromatic carbocycles.